The Labute approximate surface area is 172 Å². The molecule has 0 spiro atoms. The molecule has 2 unspecified atom stereocenters. The average molecular weight is 421 g/mol. The maximum absolute atomic E-state index is 12.5. The second-order valence-electron chi connectivity index (χ2n) is 6.31. The van der Waals surface area contributed by atoms with Crippen LogP contribution in [0.4, 0.5) is 5.69 Å². The number of methoxy groups -OCH3 is 2. The maximum atomic E-state index is 12.5. The normalized spacial score (nSPS) is 18.4. The largest absolute Gasteiger partial charge is 0.488 e. The van der Waals surface area contributed by atoms with Gasteiger partial charge in [-0.2, -0.15) is 0 Å². The molecule has 0 aliphatic carbocycles. The second-order valence-corrected chi connectivity index (χ2v) is 6.31. The van der Waals surface area contributed by atoms with Gasteiger partial charge in [-0.05, 0) is 19.9 Å². The minimum atomic E-state index is -1.20. The number of nitrogens with two attached hydrogens (primary N) is 1. The first-order valence-electron chi connectivity index (χ1n) is 8.95. The summed E-state index contributed by atoms with van der Waals surface area (Å²) in [7, 11) is 2.37. The van der Waals surface area contributed by atoms with Crippen molar-refractivity contribution in [2.75, 3.05) is 27.4 Å². The Bertz CT molecular complexity index is 909. The van der Waals surface area contributed by atoms with Gasteiger partial charge in [0, 0.05) is 18.3 Å². The van der Waals surface area contributed by atoms with Gasteiger partial charge < -0.3 is 24.7 Å². The van der Waals surface area contributed by atoms with Crippen molar-refractivity contribution in [1.82, 2.24) is 0 Å². The summed E-state index contributed by atoms with van der Waals surface area (Å²) in [6.45, 7) is 3.48. The molecule has 2 atom stereocenters. The molecule has 0 amide bonds. The highest BCUT2D eigenvalue weighted by atomic mass is 16.6. The fourth-order valence-electron chi connectivity index (χ4n) is 3.04. The van der Waals surface area contributed by atoms with E-state index < -0.39 is 28.9 Å². The van der Waals surface area contributed by atoms with Crippen LogP contribution in [0.15, 0.2) is 34.5 Å². The zero-order valence-corrected chi connectivity index (χ0v) is 17.0. The van der Waals surface area contributed by atoms with Gasteiger partial charge in [0.2, 0.25) is 0 Å². The summed E-state index contributed by atoms with van der Waals surface area (Å²) in [6, 6.07) is 3.74. The Balaban J connectivity index is 2.60. The third-order valence-corrected chi connectivity index (χ3v) is 4.40. The zero-order chi connectivity index (χ0) is 22.4. The first-order chi connectivity index (χ1) is 14.2. The summed E-state index contributed by atoms with van der Waals surface area (Å²) >= 11 is 0. The third kappa shape index (κ3) is 4.74. The van der Waals surface area contributed by atoms with Crippen molar-refractivity contribution in [2.24, 2.45) is 16.6 Å². The maximum Gasteiger partial charge on any atom is 0.339 e. The van der Waals surface area contributed by atoms with Gasteiger partial charge in [0.1, 0.15) is 12.5 Å². The van der Waals surface area contributed by atoms with Crippen LogP contribution >= 0.6 is 0 Å². The Kier molecular flexibility index (Phi) is 7.48. The van der Waals surface area contributed by atoms with E-state index in [-0.39, 0.29) is 35.9 Å². The Morgan fingerprint density at radius 2 is 1.90 bits per heavy atom. The Hall–Kier alpha value is -3.47. The number of non-ortho nitro benzene ring substituents is 1. The molecule has 0 bridgehead atoms. The molecule has 1 aromatic rings. The van der Waals surface area contributed by atoms with Crippen molar-refractivity contribution in [3.63, 3.8) is 0 Å². The summed E-state index contributed by atoms with van der Waals surface area (Å²) < 4.78 is 21.2. The van der Waals surface area contributed by atoms with Crippen molar-refractivity contribution < 1.29 is 33.5 Å². The molecule has 11 nitrogen and oxygen atoms in total. The molecule has 1 heterocycles. The number of benzene rings is 1. The zero-order valence-electron chi connectivity index (χ0n) is 17.0. The lowest BCUT2D eigenvalue weighted by molar-refractivity contribution is -0.385. The highest BCUT2D eigenvalue weighted by Crippen LogP contribution is 2.37. The quantitative estimate of drug-likeness (QED) is 0.373. The number of rotatable bonds is 8. The van der Waals surface area contributed by atoms with Gasteiger partial charge in [-0.15, -0.1) is 0 Å². The summed E-state index contributed by atoms with van der Waals surface area (Å²) in [6.07, 6.45) is -1.20. The monoisotopic (exact) mass is 421 g/mol. The second kappa shape index (κ2) is 9.83. The van der Waals surface area contributed by atoms with E-state index >= 15 is 0 Å². The van der Waals surface area contributed by atoms with Crippen LogP contribution in [-0.2, 0) is 19.1 Å². The molecule has 2 rings (SSSR count). The lowest BCUT2D eigenvalue weighted by Gasteiger charge is -2.31. The SMILES string of the molecule is COC(=O)C1=C(C)N=C(C)C(C(=O)OC)C1Oc1cc([N+](=O)[O-])ccc1OCCN. The molecular formula is C19H23N3O8. The minimum absolute atomic E-state index is 0.00483. The molecule has 162 valence electrons. The Morgan fingerprint density at radius 1 is 1.20 bits per heavy atom. The molecule has 11 heteroatoms. The number of aliphatic imine (C=N–C) groups is 1. The molecule has 0 radical (unpaired) electrons. The molecule has 0 fully saturated rings. The number of nitrogens with zero attached hydrogens (tertiary/aromatic N) is 2. The fraction of sp³-hybridized carbons (Fsp3) is 0.421. The van der Waals surface area contributed by atoms with E-state index in [2.05, 4.69) is 4.99 Å². The van der Waals surface area contributed by atoms with Crippen molar-refractivity contribution in [3.05, 3.63) is 39.6 Å². The molecular weight excluding hydrogens is 398 g/mol. The number of allylic oxidation sites excluding steroid dienone is 1. The smallest absolute Gasteiger partial charge is 0.339 e. The highest BCUT2D eigenvalue weighted by molar-refractivity contribution is 6.06. The highest BCUT2D eigenvalue weighted by Gasteiger charge is 2.43. The van der Waals surface area contributed by atoms with E-state index in [4.69, 9.17) is 24.7 Å². The number of ether oxygens (including phenoxy) is 4. The van der Waals surface area contributed by atoms with Gasteiger partial charge in [0.05, 0.1) is 36.5 Å². The predicted octanol–water partition coefficient (Wildman–Crippen LogP) is 1.39. The van der Waals surface area contributed by atoms with Crippen molar-refractivity contribution in [1.29, 1.82) is 0 Å². The van der Waals surface area contributed by atoms with Crippen LogP contribution in [0.5, 0.6) is 11.5 Å². The number of carbonyl (C=O) groups excluding carboxylic acids is 2. The average Bonchev–Trinajstić information content (AvgIpc) is 2.71. The van der Waals surface area contributed by atoms with E-state index in [1.54, 1.807) is 13.8 Å². The molecule has 2 N–H and O–H groups in total. The van der Waals surface area contributed by atoms with E-state index in [1.165, 1.54) is 26.4 Å². The van der Waals surface area contributed by atoms with Gasteiger partial charge >= 0.3 is 11.9 Å². The molecule has 1 aliphatic rings. The summed E-state index contributed by atoms with van der Waals surface area (Å²) in [4.78, 5) is 39.8. The number of carbonyl (C=O) groups is 2. The minimum Gasteiger partial charge on any atom is -0.488 e. The number of hydrogen-bond donors (Lipinski definition) is 1. The van der Waals surface area contributed by atoms with Crippen molar-refractivity contribution in [2.45, 2.75) is 20.0 Å². The third-order valence-electron chi connectivity index (χ3n) is 4.40. The summed E-state index contributed by atoms with van der Waals surface area (Å²) in [5, 5.41) is 11.2. The van der Waals surface area contributed by atoms with Crippen LogP contribution in [0.2, 0.25) is 0 Å². The number of nitro groups is 1. The van der Waals surface area contributed by atoms with Crippen LogP contribution < -0.4 is 15.2 Å². The van der Waals surface area contributed by atoms with Crippen LogP contribution in [0.25, 0.3) is 0 Å². The Morgan fingerprint density at radius 3 is 2.47 bits per heavy atom. The lowest BCUT2D eigenvalue weighted by atomic mass is 9.88. The molecule has 1 aromatic carbocycles. The van der Waals surface area contributed by atoms with Crippen LogP contribution in [0.3, 0.4) is 0 Å². The standard InChI is InChI=1S/C19H23N3O8/c1-10-15(18(23)27-3)17(16(11(2)21-10)19(24)28-4)30-14-9-12(22(25)26)5-6-13(14)29-8-7-20/h5-6,9,15,17H,7-8,20H2,1-4H3. The van der Waals surface area contributed by atoms with Gasteiger partial charge in [-0.25, -0.2) is 4.79 Å². The van der Waals surface area contributed by atoms with Crippen LogP contribution in [-0.4, -0.2) is 56.0 Å². The topological polar surface area (TPSA) is 153 Å². The molecule has 1 aliphatic heterocycles. The first kappa shape index (κ1) is 22.8. The predicted molar refractivity (Wildman–Crippen MR) is 105 cm³/mol. The van der Waals surface area contributed by atoms with E-state index in [0.29, 0.717) is 11.4 Å². The van der Waals surface area contributed by atoms with Crippen molar-refractivity contribution in [3.8, 4) is 11.5 Å². The lowest BCUT2D eigenvalue weighted by Crippen LogP contribution is -2.44. The summed E-state index contributed by atoms with van der Waals surface area (Å²) in [5.74, 6) is -2.39. The summed E-state index contributed by atoms with van der Waals surface area (Å²) in [5.41, 5.74) is 5.84. The van der Waals surface area contributed by atoms with Crippen molar-refractivity contribution >= 4 is 23.3 Å². The molecule has 30 heavy (non-hydrogen) atoms. The first-order valence-corrected chi connectivity index (χ1v) is 8.95. The van der Waals surface area contributed by atoms with Crippen LogP contribution in [0.1, 0.15) is 13.8 Å². The fourth-order valence-corrected chi connectivity index (χ4v) is 3.04. The van der Waals surface area contributed by atoms with E-state index in [9.17, 15) is 19.7 Å². The molecule has 0 aromatic heterocycles. The number of esters is 2. The van der Waals surface area contributed by atoms with Gasteiger partial charge in [-0.1, -0.05) is 0 Å². The van der Waals surface area contributed by atoms with Crippen LogP contribution in [0, 0.1) is 16.0 Å². The van der Waals surface area contributed by atoms with Gasteiger partial charge in [0.25, 0.3) is 5.69 Å². The van der Waals surface area contributed by atoms with E-state index in [0.717, 1.165) is 6.07 Å². The van der Waals surface area contributed by atoms with Gasteiger partial charge in [0.15, 0.2) is 17.6 Å². The molecule has 0 saturated carbocycles. The number of nitro benzene ring substituents is 1. The number of hydrogen-bond acceptors (Lipinski definition) is 10. The van der Waals surface area contributed by atoms with E-state index in [1.807, 2.05) is 0 Å². The van der Waals surface area contributed by atoms with Gasteiger partial charge in [-0.3, -0.25) is 19.9 Å². The molecule has 0 saturated heterocycles.